The molecule has 0 atom stereocenters. The third kappa shape index (κ3) is 9.42. The van der Waals surface area contributed by atoms with E-state index in [1.807, 2.05) is 4.90 Å². The van der Waals surface area contributed by atoms with E-state index >= 15 is 0 Å². The van der Waals surface area contributed by atoms with Crippen LogP contribution in [-0.4, -0.2) is 54.9 Å². The van der Waals surface area contributed by atoms with Gasteiger partial charge in [0, 0.05) is 18.5 Å². The molecule has 0 aliphatic heterocycles. The Morgan fingerprint density at radius 1 is 0.667 bits per heavy atom. The molecule has 12 heteroatoms. The molecule has 0 radical (unpaired) electrons. The summed E-state index contributed by atoms with van der Waals surface area (Å²) in [6.45, 7) is 3.09. The quantitative estimate of drug-likeness (QED) is 0.136. The Labute approximate surface area is 176 Å². The molecule has 0 saturated carbocycles. The standard InChI is InChI=1S/C18H31F9N2S/c1-3-4-5-6-7-8-9-10-13-29(2)14-11-12-28-30-18(26,27)16(21,22)15(19,20)17(23,24)25/h28H,3-14H2,1-2H3. The van der Waals surface area contributed by atoms with Gasteiger partial charge in [0.2, 0.25) is 0 Å². The van der Waals surface area contributed by atoms with E-state index in [1.165, 1.54) is 32.1 Å². The molecule has 0 spiro atoms. The van der Waals surface area contributed by atoms with Crippen LogP contribution < -0.4 is 4.72 Å². The van der Waals surface area contributed by atoms with Crippen LogP contribution in [0.1, 0.15) is 64.7 Å². The zero-order valence-corrected chi connectivity index (χ0v) is 18.1. The zero-order chi connectivity index (χ0) is 23.5. The van der Waals surface area contributed by atoms with Crippen LogP contribution in [0.5, 0.6) is 0 Å². The Bertz CT molecular complexity index is 459. The summed E-state index contributed by atoms with van der Waals surface area (Å²) in [5, 5.41) is -5.64. The number of alkyl halides is 9. The molecule has 0 aliphatic rings. The highest BCUT2D eigenvalue weighted by Crippen LogP contribution is 2.55. The van der Waals surface area contributed by atoms with Crippen molar-refractivity contribution in [1.29, 1.82) is 0 Å². The SMILES string of the molecule is CCCCCCCCCCN(C)CCCNSC(F)(F)C(F)(F)C(F)(F)C(F)(F)F. The van der Waals surface area contributed by atoms with Crippen molar-refractivity contribution in [3.8, 4) is 0 Å². The molecule has 0 rings (SSSR count). The second-order valence-corrected chi connectivity index (χ2v) is 8.30. The number of halogens is 9. The highest BCUT2D eigenvalue weighted by atomic mass is 32.2. The molecule has 30 heavy (non-hydrogen) atoms. The van der Waals surface area contributed by atoms with Gasteiger partial charge in [-0.1, -0.05) is 51.9 Å². The maximum absolute atomic E-state index is 13.3. The van der Waals surface area contributed by atoms with Crippen LogP contribution in [-0.2, 0) is 0 Å². The molecule has 182 valence electrons. The Morgan fingerprint density at radius 3 is 1.63 bits per heavy atom. The van der Waals surface area contributed by atoms with Gasteiger partial charge in [0.15, 0.2) is 0 Å². The van der Waals surface area contributed by atoms with Crippen molar-refractivity contribution in [1.82, 2.24) is 9.62 Å². The minimum Gasteiger partial charge on any atom is -0.306 e. The van der Waals surface area contributed by atoms with Gasteiger partial charge in [-0.05, 0) is 33.0 Å². The molecule has 0 aromatic carbocycles. The van der Waals surface area contributed by atoms with Crippen molar-refractivity contribution < 1.29 is 39.5 Å². The summed E-state index contributed by atoms with van der Waals surface area (Å²) in [6, 6.07) is 0. The molecule has 0 bridgehead atoms. The lowest BCUT2D eigenvalue weighted by molar-refractivity contribution is -0.381. The van der Waals surface area contributed by atoms with Crippen LogP contribution in [0.3, 0.4) is 0 Å². The van der Waals surface area contributed by atoms with E-state index in [1.54, 1.807) is 11.8 Å². The Morgan fingerprint density at radius 2 is 1.13 bits per heavy atom. The first kappa shape index (κ1) is 29.6. The maximum atomic E-state index is 13.3. The summed E-state index contributed by atoms with van der Waals surface area (Å²) in [7, 11) is 1.79. The fraction of sp³-hybridized carbons (Fsp3) is 1.00. The second kappa shape index (κ2) is 13.2. The van der Waals surface area contributed by atoms with Gasteiger partial charge in [-0.3, -0.25) is 4.72 Å². The lowest BCUT2D eigenvalue weighted by Crippen LogP contribution is -2.60. The lowest BCUT2D eigenvalue weighted by atomic mass is 10.1. The largest absolute Gasteiger partial charge is 0.460 e. The fourth-order valence-corrected chi connectivity index (χ4v) is 3.30. The molecule has 0 amide bonds. The first-order chi connectivity index (χ1) is 13.7. The summed E-state index contributed by atoms with van der Waals surface area (Å²) in [4.78, 5) is 1.91. The third-order valence-electron chi connectivity index (χ3n) is 4.53. The van der Waals surface area contributed by atoms with Gasteiger partial charge in [-0.2, -0.15) is 39.5 Å². The Kier molecular flexibility index (Phi) is 13.1. The molecule has 0 fully saturated rings. The van der Waals surface area contributed by atoms with Gasteiger partial charge in [0.05, 0.1) is 0 Å². The van der Waals surface area contributed by atoms with E-state index in [0.717, 1.165) is 25.8 Å². The van der Waals surface area contributed by atoms with E-state index in [-0.39, 0.29) is 13.0 Å². The molecule has 1 N–H and O–H groups in total. The summed E-state index contributed by atoms with van der Waals surface area (Å²) in [5.41, 5.74) is 0. The van der Waals surface area contributed by atoms with Crippen LogP contribution in [0.2, 0.25) is 0 Å². The highest BCUT2D eigenvalue weighted by molar-refractivity contribution is 7.98. The number of hydrogen-bond donors (Lipinski definition) is 1. The van der Waals surface area contributed by atoms with Gasteiger partial charge < -0.3 is 4.90 Å². The monoisotopic (exact) mass is 478 g/mol. The van der Waals surface area contributed by atoms with E-state index in [0.29, 0.717) is 6.54 Å². The lowest BCUT2D eigenvalue weighted by Gasteiger charge is -2.33. The van der Waals surface area contributed by atoms with E-state index in [9.17, 15) is 39.5 Å². The summed E-state index contributed by atoms with van der Waals surface area (Å²) in [6.07, 6.45) is 2.63. The normalized spacial score (nSPS) is 14.0. The van der Waals surface area contributed by atoms with E-state index in [4.69, 9.17) is 0 Å². The topological polar surface area (TPSA) is 15.3 Å². The number of hydrogen-bond acceptors (Lipinski definition) is 3. The minimum absolute atomic E-state index is 0.234. The molecule has 0 unspecified atom stereocenters. The number of rotatable bonds is 17. The van der Waals surface area contributed by atoms with Crippen molar-refractivity contribution in [2.24, 2.45) is 0 Å². The summed E-state index contributed by atoms with van der Waals surface area (Å²) < 4.78 is 116. The smallest absolute Gasteiger partial charge is 0.306 e. The van der Waals surface area contributed by atoms with Crippen LogP contribution in [0, 0.1) is 0 Å². The van der Waals surface area contributed by atoms with Gasteiger partial charge in [-0.15, -0.1) is 0 Å². The Hall–Kier alpha value is -0.360. The predicted molar refractivity (Wildman–Crippen MR) is 101 cm³/mol. The van der Waals surface area contributed by atoms with Gasteiger partial charge in [0.25, 0.3) is 0 Å². The fourth-order valence-electron chi connectivity index (χ4n) is 2.62. The minimum atomic E-state index is -6.85. The molecule has 0 heterocycles. The van der Waals surface area contributed by atoms with Crippen molar-refractivity contribution in [3.05, 3.63) is 0 Å². The molecule has 0 aromatic heterocycles. The van der Waals surface area contributed by atoms with Crippen LogP contribution in [0.4, 0.5) is 39.5 Å². The molecule has 0 aromatic rings. The van der Waals surface area contributed by atoms with Gasteiger partial charge in [-0.25, -0.2) is 0 Å². The predicted octanol–water partition coefficient (Wildman–Crippen LogP) is 7.11. The third-order valence-corrected chi connectivity index (χ3v) is 5.39. The molecular formula is C18H31F9N2S. The van der Waals surface area contributed by atoms with Crippen molar-refractivity contribution >= 4 is 11.9 Å². The molecule has 0 saturated heterocycles. The average molecular weight is 479 g/mol. The summed E-state index contributed by atoms with van der Waals surface area (Å²) in [5.74, 6) is -13.4. The van der Waals surface area contributed by atoms with Gasteiger partial charge >= 0.3 is 23.3 Å². The van der Waals surface area contributed by atoms with Crippen molar-refractivity contribution in [2.45, 2.75) is 88.0 Å². The molecular weight excluding hydrogens is 447 g/mol. The van der Waals surface area contributed by atoms with Crippen molar-refractivity contribution in [3.63, 3.8) is 0 Å². The van der Waals surface area contributed by atoms with Crippen LogP contribution in [0.25, 0.3) is 0 Å². The summed E-state index contributed by atoms with van der Waals surface area (Å²) >= 11 is -1.12. The first-order valence-electron chi connectivity index (χ1n) is 10.00. The second-order valence-electron chi connectivity index (χ2n) is 7.29. The Balaban J connectivity index is 4.06. The van der Waals surface area contributed by atoms with Gasteiger partial charge in [0.1, 0.15) is 0 Å². The maximum Gasteiger partial charge on any atom is 0.460 e. The number of nitrogens with zero attached hydrogens (tertiary/aromatic N) is 1. The van der Waals surface area contributed by atoms with Crippen LogP contribution >= 0.6 is 11.9 Å². The number of nitrogens with one attached hydrogen (secondary N) is 1. The van der Waals surface area contributed by atoms with Crippen molar-refractivity contribution in [2.75, 3.05) is 26.7 Å². The van der Waals surface area contributed by atoms with E-state index < -0.39 is 35.2 Å². The molecule has 2 nitrogen and oxygen atoms in total. The zero-order valence-electron chi connectivity index (χ0n) is 17.2. The number of unbranched alkanes of at least 4 members (excludes halogenated alkanes) is 7. The average Bonchev–Trinajstić information content (AvgIpc) is 2.62. The highest BCUT2D eigenvalue weighted by Gasteiger charge is 2.82. The first-order valence-corrected chi connectivity index (χ1v) is 10.8. The van der Waals surface area contributed by atoms with E-state index in [2.05, 4.69) is 6.92 Å². The van der Waals surface area contributed by atoms with Crippen LogP contribution in [0.15, 0.2) is 0 Å². The molecule has 0 aliphatic carbocycles.